The summed E-state index contributed by atoms with van der Waals surface area (Å²) in [6, 6.07) is 5.74. The molecule has 1 fully saturated rings. The number of hydrogen-bond acceptors (Lipinski definition) is 2. The second kappa shape index (κ2) is 4.88. The van der Waals surface area contributed by atoms with Gasteiger partial charge in [0, 0.05) is 5.69 Å². The maximum atomic E-state index is 5.78. The van der Waals surface area contributed by atoms with E-state index < -0.39 is 0 Å². The second-order valence-electron chi connectivity index (χ2n) is 4.12. The van der Waals surface area contributed by atoms with E-state index in [4.69, 9.17) is 10.5 Å². The van der Waals surface area contributed by atoms with Crippen LogP contribution in [0.2, 0.25) is 0 Å². The first kappa shape index (κ1) is 10.8. The number of nitrogens with two attached hydrogens (primary N) is 1. The molecule has 1 aromatic carbocycles. The van der Waals surface area contributed by atoms with Gasteiger partial charge in [0.25, 0.3) is 0 Å². The minimum absolute atomic E-state index is 0.735. The summed E-state index contributed by atoms with van der Waals surface area (Å²) >= 11 is 3.44. The molecule has 0 amide bonds. The molecule has 1 aliphatic carbocycles. The van der Waals surface area contributed by atoms with E-state index in [1.807, 2.05) is 18.2 Å². The van der Waals surface area contributed by atoms with Gasteiger partial charge in [-0.15, -0.1) is 0 Å². The third kappa shape index (κ3) is 2.65. The second-order valence-corrected chi connectivity index (χ2v) is 4.91. The first-order valence-electron chi connectivity index (χ1n) is 5.44. The average molecular weight is 270 g/mol. The van der Waals surface area contributed by atoms with Crippen LogP contribution in [0.3, 0.4) is 0 Å². The molecular formula is C12H16BrNO. The monoisotopic (exact) mass is 269 g/mol. The number of anilines is 1. The minimum Gasteiger partial charge on any atom is -0.492 e. The summed E-state index contributed by atoms with van der Waals surface area (Å²) in [6.45, 7) is 0.821. The predicted octanol–water partition coefficient (Wildman–Crippen LogP) is 3.60. The lowest BCUT2D eigenvalue weighted by molar-refractivity contribution is 0.251. The molecule has 3 heteroatoms. The highest BCUT2D eigenvalue weighted by Crippen LogP contribution is 2.32. The minimum atomic E-state index is 0.735. The van der Waals surface area contributed by atoms with Crippen molar-refractivity contribution in [3.05, 3.63) is 22.7 Å². The molecule has 1 saturated carbocycles. The summed E-state index contributed by atoms with van der Waals surface area (Å²) in [5, 5.41) is 0. The van der Waals surface area contributed by atoms with E-state index in [2.05, 4.69) is 15.9 Å². The maximum Gasteiger partial charge on any atom is 0.135 e. The molecule has 0 unspecified atom stereocenters. The average Bonchev–Trinajstić information content (AvgIpc) is 2.73. The normalized spacial score (nSPS) is 16.9. The molecule has 0 heterocycles. The Bertz CT molecular complexity index is 334. The lowest BCUT2D eigenvalue weighted by Crippen LogP contribution is -2.08. The van der Waals surface area contributed by atoms with E-state index in [-0.39, 0.29) is 0 Å². The van der Waals surface area contributed by atoms with Crippen LogP contribution in [-0.4, -0.2) is 6.61 Å². The largest absolute Gasteiger partial charge is 0.492 e. The topological polar surface area (TPSA) is 35.2 Å². The van der Waals surface area contributed by atoms with Gasteiger partial charge in [0.1, 0.15) is 5.75 Å². The Balaban J connectivity index is 1.95. The molecule has 0 bridgehead atoms. The molecule has 15 heavy (non-hydrogen) atoms. The van der Waals surface area contributed by atoms with E-state index in [0.29, 0.717) is 0 Å². The summed E-state index contributed by atoms with van der Waals surface area (Å²) in [5.41, 5.74) is 6.51. The van der Waals surface area contributed by atoms with Crippen LogP contribution in [0.5, 0.6) is 5.75 Å². The van der Waals surface area contributed by atoms with Gasteiger partial charge in [0.15, 0.2) is 0 Å². The lowest BCUT2D eigenvalue weighted by Gasteiger charge is -2.13. The Kier molecular flexibility index (Phi) is 3.52. The smallest absolute Gasteiger partial charge is 0.135 e. The van der Waals surface area contributed by atoms with E-state index in [1.165, 1.54) is 25.7 Å². The highest BCUT2D eigenvalue weighted by Gasteiger charge is 2.16. The van der Waals surface area contributed by atoms with E-state index in [1.54, 1.807) is 0 Å². The molecule has 2 nitrogen and oxygen atoms in total. The molecule has 0 aromatic heterocycles. The van der Waals surface area contributed by atoms with Crippen molar-refractivity contribution in [1.29, 1.82) is 0 Å². The molecule has 0 spiro atoms. The molecule has 0 radical (unpaired) electrons. The Hall–Kier alpha value is -0.700. The van der Waals surface area contributed by atoms with Gasteiger partial charge < -0.3 is 10.5 Å². The van der Waals surface area contributed by atoms with Crippen LogP contribution >= 0.6 is 15.9 Å². The Labute approximate surface area is 98.9 Å². The lowest BCUT2D eigenvalue weighted by atomic mass is 10.1. The predicted molar refractivity (Wildman–Crippen MR) is 66.0 cm³/mol. The summed E-state index contributed by atoms with van der Waals surface area (Å²) in [5.74, 6) is 1.60. The van der Waals surface area contributed by atoms with Crippen LogP contribution in [0.15, 0.2) is 22.7 Å². The third-order valence-electron chi connectivity index (χ3n) is 2.94. The molecule has 1 aliphatic rings. The number of ether oxygens (including phenoxy) is 1. The molecule has 0 atom stereocenters. The molecule has 2 N–H and O–H groups in total. The van der Waals surface area contributed by atoms with E-state index >= 15 is 0 Å². The zero-order chi connectivity index (χ0) is 10.7. The van der Waals surface area contributed by atoms with Gasteiger partial charge in [-0.1, -0.05) is 18.9 Å². The van der Waals surface area contributed by atoms with Gasteiger partial charge in [-0.05, 0) is 46.8 Å². The molecule has 0 aliphatic heterocycles. The number of rotatable bonds is 3. The fourth-order valence-corrected chi connectivity index (χ4v) is 2.40. The van der Waals surface area contributed by atoms with Crippen LogP contribution in [0.25, 0.3) is 0 Å². The van der Waals surface area contributed by atoms with Gasteiger partial charge in [-0.3, -0.25) is 0 Å². The maximum absolute atomic E-state index is 5.78. The van der Waals surface area contributed by atoms with Crippen molar-refractivity contribution in [3.63, 3.8) is 0 Å². The van der Waals surface area contributed by atoms with Gasteiger partial charge >= 0.3 is 0 Å². The Morgan fingerprint density at radius 1 is 1.33 bits per heavy atom. The van der Waals surface area contributed by atoms with Gasteiger partial charge in [0.2, 0.25) is 0 Å². The molecule has 0 saturated heterocycles. The first-order chi connectivity index (χ1) is 7.27. The van der Waals surface area contributed by atoms with Gasteiger partial charge in [0.05, 0.1) is 11.1 Å². The van der Waals surface area contributed by atoms with Crippen molar-refractivity contribution in [1.82, 2.24) is 0 Å². The van der Waals surface area contributed by atoms with Gasteiger partial charge in [-0.25, -0.2) is 0 Å². The van der Waals surface area contributed by atoms with Crippen LogP contribution < -0.4 is 10.5 Å². The third-order valence-corrected chi connectivity index (χ3v) is 3.79. The van der Waals surface area contributed by atoms with Gasteiger partial charge in [-0.2, -0.15) is 0 Å². The molecule has 2 rings (SSSR count). The molecule has 82 valence electrons. The summed E-state index contributed by atoms with van der Waals surface area (Å²) in [4.78, 5) is 0. The highest BCUT2D eigenvalue weighted by molar-refractivity contribution is 9.10. The quantitative estimate of drug-likeness (QED) is 0.852. The van der Waals surface area contributed by atoms with Crippen molar-refractivity contribution < 1.29 is 4.74 Å². The fraction of sp³-hybridized carbons (Fsp3) is 0.500. The summed E-state index contributed by atoms with van der Waals surface area (Å²) < 4.78 is 6.65. The fourth-order valence-electron chi connectivity index (χ4n) is 2.02. The van der Waals surface area contributed by atoms with Crippen molar-refractivity contribution in [2.75, 3.05) is 12.3 Å². The molecular weight excluding hydrogens is 254 g/mol. The number of nitrogen functional groups attached to an aromatic ring is 1. The van der Waals surface area contributed by atoms with Crippen LogP contribution in [0, 0.1) is 5.92 Å². The van der Waals surface area contributed by atoms with Crippen LogP contribution in [0.1, 0.15) is 25.7 Å². The van der Waals surface area contributed by atoms with Crippen LogP contribution in [0.4, 0.5) is 5.69 Å². The highest BCUT2D eigenvalue weighted by atomic mass is 79.9. The summed E-state index contributed by atoms with van der Waals surface area (Å²) in [6.07, 6.45) is 5.32. The number of hydrogen-bond donors (Lipinski definition) is 1. The number of halogens is 1. The van der Waals surface area contributed by atoms with E-state index in [9.17, 15) is 0 Å². The van der Waals surface area contributed by atoms with Crippen molar-refractivity contribution in [3.8, 4) is 5.75 Å². The molecule has 1 aromatic rings. The first-order valence-corrected chi connectivity index (χ1v) is 6.23. The van der Waals surface area contributed by atoms with Crippen molar-refractivity contribution in [2.45, 2.75) is 25.7 Å². The van der Waals surface area contributed by atoms with E-state index in [0.717, 1.165) is 28.4 Å². The standard InChI is InChI=1S/C12H16BrNO/c13-12-10(14)6-3-7-11(12)15-8-9-4-1-2-5-9/h3,6-7,9H,1-2,4-5,8,14H2. The van der Waals surface area contributed by atoms with Crippen LogP contribution in [-0.2, 0) is 0 Å². The SMILES string of the molecule is Nc1cccc(OCC2CCCC2)c1Br. The van der Waals surface area contributed by atoms with Crippen molar-refractivity contribution >= 4 is 21.6 Å². The Morgan fingerprint density at radius 2 is 2.07 bits per heavy atom. The Morgan fingerprint density at radius 3 is 2.80 bits per heavy atom. The zero-order valence-electron chi connectivity index (χ0n) is 8.71. The number of benzene rings is 1. The summed E-state index contributed by atoms with van der Waals surface area (Å²) in [7, 11) is 0. The zero-order valence-corrected chi connectivity index (χ0v) is 10.3. The van der Waals surface area contributed by atoms with Crippen molar-refractivity contribution in [2.24, 2.45) is 5.92 Å².